The van der Waals surface area contributed by atoms with Crippen LogP contribution in [-0.4, -0.2) is 53.7 Å². The van der Waals surface area contributed by atoms with E-state index in [9.17, 15) is 19.5 Å². The third-order valence-electron chi connectivity index (χ3n) is 7.95. The van der Waals surface area contributed by atoms with E-state index in [-0.39, 0.29) is 30.9 Å². The Labute approximate surface area is 199 Å². The summed E-state index contributed by atoms with van der Waals surface area (Å²) in [6.45, 7) is 2.66. The number of hydrogen-bond acceptors (Lipinski definition) is 4. The average Bonchev–Trinajstić information content (AvgIpc) is 3.51. The van der Waals surface area contributed by atoms with E-state index >= 15 is 0 Å². The molecule has 1 saturated carbocycles. The summed E-state index contributed by atoms with van der Waals surface area (Å²) in [6.07, 6.45) is 2.09. The normalized spacial score (nSPS) is 23.7. The number of carboxylic acids is 1. The molecule has 1 aliphatic heterocycles. The van der Waals surface area contributed by atoms with E-state index in [1.54, 1.807) is 4.90 Å². The summed E-state index contributed by atoms with van der Waals surface area (Å²) in [5.74, 6) is -1.11. The molecule has 0 bridgehead atoms. The van der Waals surface area contributed by atoms with Gasteiger partial charge in [-0.25, -0.2) is 4.79 Å². The molecule has 2 aliphatic carbocycles. The van der Waals surface area contributed by atoms with Gasteiger partial charge in [0.15, 0.2) is 0 Å². The Morgan fingerprint density at radius 3 is 2.35 bits per heavy atom. The van der Waals surface area contributed by atoms with E-state index in [0.29, 0.717) is 19.4 Å². The lowest BCUT2D eigenvalue weighted by atomic mass is 9.81. The zero-order chi connectivity index (χ0) is 23.9. The molecule has 0 spiro atoms. The van der Waals surface area contributed by atoms with Crippen LogP contribution < -0.4 is 5.32 Å². The molecule has 0 radical (unpaired) electrons. The van der Waals surface area contributed by atoms with Crippen LogP contribution in [0.15, 0.2) is 48.5 Å². The fraction of sp³-hybridized carbons (Fsp3) is 0.444. The molecular weight excluding hydrogens is 432 g/mol. The highest BCUT2D eigenvalue weighted by Gasteiger charge is 2.56. The minimum absolute atomic E-state index is 0.0130. The summed E-state index contributed by atoms with van der Waals surface area (Å²) in [6, 6.07) is 15.5. The van der Waals surface area contributed by atoms with Gasteiger partial charge in [0.05, 0.1) is 5.41 Å². The van der Waals surface area contributed by atoms with Gasteiger partial charge in [0.25, 0.3) is 0 Å². The van der Waals surface area contributed by atoms with Gasteiger partial charge in [0.1, 0.15) is 12.6 Å². The average molecular weight is 463 g/mol. The number of nitrogens with one attached hydrogen (secondary N) is 1. The highest BCUT2D eigenvalue weighted by atomic mass is 16.5. The lowest BCUT2D eigenvalue weighted by Gasteiger charge is -2.26. The number of rotatable bonds is 6. The summed E-state index contributed by atoms with van der Waals surface area (Å²) in [4.78, 5) is 39.4. The molecule has 2 aromatic rings. The second-order valence-corrected chi connectivity index (χ2v) is 9.70. The molecule has 1 heterocycles. The molecule has 3 aliphatic rings. The molecule has 0 aromatic heterocycles. The van der Waals surface area contributed by atoms with E-state index in [0.717, 1.165) is 35.1 Å². The zero-order valence-electron chi connectivity index (χ0n) is 19.3. The van der Waals surface area contributed by atoms with Crippen LogP contribution in [0.1, 0.15) is 49.7 Å². The Hall–Kier alpha value is -3.35. The van der Waals surface area contributed by atoms with Crippen molar-refractivity contribution < 1.29 is 24.2 Å². The SMILES string of the molecule is CCC(NC(=O)OCC1c2ccccc2-c2ccccc21)C(=O)N1C[C@H]2CCC[C@@]2(C(=O)O)C1. The second-order valence-electron chi connectivity index (χ2n) is 9.70. The van der Waals surface area contributed by atoms with E-state index in [2.05, 4.69) is 29.6 Å². The Balaban J connectivity index is 1.22. The van der Waals surface area contributed by atoms with Gasteiger partial charge in [-0.2, -0.15) is 0 Å². The van der Waals surface area contributed by atoms with Gasteiger partial charge in [0, 0.05) is 19.0 Å². The molecule has 5 rings (SSSR count). The molecule has 2 amide bonds. The third-order valence-corrected chi connectivity index (χ3v) is 7.95. The van der Waals surface area contributed by atoms with Crippen LogP contribution in [0.4, 0.5) is 4.79 Å². The Morgan fingerprint density at radius 1 is 1.12 bits per heavy atom. The molecule has 7 nitrogen and oxygen atoms in total. The lowest BCUT2D eigenvalue weighted by molar-refractivity contribution is -0.149. The first-order chi connectivity index (χ1) is 16.4. The third kappa shape index (κ3) is 3.63. The molecule has 7 heteroatoms. The number of carbonyl (C=O) groups excluding carboxylic acids is 2. The Kier molecular flexibility index (Phi) is 5.80. The minimum Gasteiger partial charge on any atom is -0.481 e. The number of amides is 2. The first kappa shape index (κ1) is 22.4. The highest BCUT2D eigenvalue weighted by molar-refractivity contribution is 5.87. The fourth-order valence-electron chi connectivity index (χ4n) is 6.15. The zero-order valence-corrected chi connectivity index (χ0v) is 19.3. The maximum Gasteiger partial charge on any atom is 0.407 e. The number of ether oxygens (including phenoxy) is 1. The fourth-order valence-corrected chi connectivity index (χ4v) is 6.15. The van der Waals surface area contributed by atoms with Crippen LogP contribution in [-0.2, 0) is 14.3 Å². The smallest absolute Gasteiger partial charge is 0.407 e. The van der Waals surface area contributed by atoms with E-state index < -0.39 is 23.5 Å². The molecule has 1 unspecified atom stereocenters. The van der Waals surface area contributed by atoms with E-state index in [4.69, 9.17) is 4.74 Å². The monoisotopic (exact) mass is 462 g/mol. The molecule has 3 atom stereocenters. The van der Waals surface area contributed by atoms with Crippen molar-refractivity contribution in [2.24, 2.45) is 11.3 Å². The van der Waals surface area contributed by atoms with E-state index in [1.807, 2.05) is 31.2 Å². The van der Waals surface area contributed by atoms with Gasteiger partial charge >= 0.3 is 12.1 Å². The molecule has 178 valence electrons. The van der Waals surface area contributed by atoms with Crippen LogP contribution >= 0.6 is 0 Å². The van der Waals surface area contributed by atoms with Crippen LogP contribution in [0.2, 0.25) is 0 Å². The van der Waals surface area contributed by atoms with Crippen LogP contribution in [0.3, 0.4) is 0 Å². The highest BCUT2D eigenvalue weighted by Crippen LogP contribution is 2.49. The van der Waals surface area contributed by atoms with Crippen LogP contribution in [0.5, 0.6) is 0 Å². The van der Waals surface area contributed by atoms with Crippen molar-refractivity contribution in [3.05, 3.63) is 59.7 Å². The molecule has 2 N–H and O–H groups in total. The molecule has 2 fully saturated rings. The summed E-state index contributed by atoms with van der Waals surface area (Å²) in [7, 11) is 0. The van der Waals surface area contributed by atoms with Crippen LogP contribution in [0, 0.1) is 11.3 Å². The van der Waals surface area contributed by atoms with Gasteiger partial charge in [-0.3, -0.25) is 9.59 Å². The summed E-state index contributed by atoms with van der Waals surface area (Å²) in [5.41, 5.74) is 3.73. The number of nitrogens with zero attached hydrogens (tertiary/aromatic N) is 1. The summed E-state index contributed by atoms with van der Waals surface area (Å²) < 4.78 is 5.60. The number of hydrogen-bond donors (Lipinski definition) is 2. The van der Waals surface area contributed by atoms with Crippen molar-refractivity contribution in [2.75, 3.05) is 19.7 Å². The number of alkyl carbamates (subject to hydrolysis) is 1. The number of fused-ring (bicyclic) bond motifs is 4. The predicted octanol–water partition coefficient (Wildman–Crippen LogP) is 4.02. The van der Waals surface area contributed by atoms with Crippen molar-refractivity contribution >= 4 is 18.0 Å². The quantitative estimate of drug-likeness (QED) is 0.676. The van der Waals surface area contributed by atoms with Gasteiger partial charge in [0.2, 0.25) is 5.91 Å². The Bertz CT molecular complexity index is 1090. The van der Waals surface area contributed by atoms with Gasteiger partial charge in [-0.05, 0) is 47.4 Å². The van der Waals surface area contributed by atoms with Crippen molar-refractivity contribution in [2.45, 2.75) is 44.6 Å². The Morgan fingerprint density at radius 2 is 1.76 bits per heavy atom. The maximum absolute atomic E-state index is 13.2. The molecule has 2 aromatic carbocycles. The van der Waals surface area contributed by atoms with E-state index in [1.165, 1.54) is 0 Å². The second kappa shape index (κ2) is 8.78. The summed E-state index contributed by atoms with van der Waals surface area (Å²) in [5, 5.41) is 12.5. The molecular formula is C27H30N2O5. The van der Waals surface area contributed by atoms with Crippen molar-refractivity contribution in [1.29, 1.82) is 0 Å². The number of aliphatic carboxylic acids is 1. The van der Waals surface area contributed by atoms with Gasteiger partial charge in [-0.15, -0.1) is 0 Å². The molecule has 1 saturated heterocycles. The predicted molar refractivity (Wildman–Crippen MR) is 126 cm³/mol. The minimum atomic E-state index is -0.836. The van der Waals surface area contributed by atoms with Crippen molar-refractivity contribution in [3.8, 4) is 11.1 Å². The van der Waals surface area contributed by atoms with Crippen molar-refractivity contribution in [1.82, 2.24) is 10.2 Å². The first-order valence-corrected chi connectivity index (χ1v) is 12.1. The summed E-state index contributed by atoms with van der Waals surface area (Å²) >= 11 is 0. The van der Waals surface area contributed by atoms with Gasteiger partial charge < -0.3 is 20.1 Å². The molecule has 34 heavy (non-hydrogen) atoms. The lowest BCUT2D eigenvalue weighted by Crippen LogP contribution is -2.48. The topological polar surface area (TPSA) is 95.9 Å². The number of benzene rings is 2. The van der Waals surface area contributed by atoms with Gasteiger partial charge in [-0.1, -0.05) is 61.9 Å². The standard InChI is InChI=1S/C27H30N2O5/c1-2-23(24(30)29-14-17-8-7-13-27(17,16-29)25(31)32)28-26(33)34-15-22-20-11-5-3-9-18(20)19-10-4-6-12-21(19)22/h3-6,9-12,17,22-23H,2,7-8,13-16H2,1H3,(H,28,33)(H,31,32)/t17-,23?,27-/m1/s1. The number of carboxylic acid groups (broad SMARTS) is 1. The van der Waals surface area contributed by atoms with Crippen molar-refractivity contribution in [3.63, 3.8) is 0 Å². The number of likely N-dealkylation sites (tertiary alicyclic amines) is 1. The van der Waals surface area contributed by atoms with Crippen LogP contribution in [0.25, 0.3) is 11.1 Å². The largest absolute Gasteiger partial charge is 0.481 e. The number of carbonyl (C=O) groups is 3. The first-order valence-electron chi connectivity index (χ1n) is 12.1. The maximum atomic E-state index is 13.2.